The van der Waals surface area contributed by atoms with Crippen molar-refractivity contribution in [3.05, 3.63) is 6.33 Å². The summed E-state index contributed by atoms with van der Waals surface area (Å²) in [4.78, 5) is 4.12. The van der Waals surface area contributed by atoms with Crippen molar-refractivity contribution >= 4 is 11.8 Å². The van der Waals surface area contributed by atoms with Crippen molar-refractivity contribution in [1.29, 1.82) is 5.26 Å². The average molecular weight is 249 g/mol. The normalized spacial score (nSPS) is 32.5. The van der Waals surface area contributed by atoms with E-state index < -0.39 is 0 Å². The second-order valence-electron chi connectivity index (χ2n) is 4.89. The minimum Gasteiger partial charge on any atom is -0.297 e. The van der Waals surface area contributed by atoms with Crippen LogP contribution in [0.4, 0.5) is 0 Å². The van der Waals surface area contributed by atoms with Gasteiger partial charge < -0.3 is 0 Å². The molecule has 0 aliphatic heterocycles. The molecule has 2 atom stereocenters. The predicted molar refractivity (Wildman–Crippen MR) is 64.4 cm³/mol. The lowest BCUT2D eigenvalue weighted by Gasteiger charge is -2.22. The maximum Gasteiger partial charge on any atom is 0.183 e. The van der Waals surface area contributed by atoms with Crippen LogP contribution in [0, 0.1) is 11.3 Å². The zero-order valence-corrected chi connectivity index (χ0v) is 10.3. The molecular weight excluding hydrogens is 234 g/mol. The molecule has 0 spiro atoms. The fourth-order valence-electron chi connectivity index (χ4n) is 2.39. The molecule has 5 nitrogen and oxygen atoms in total. The fourth-order valence-corrected chi connectivity index (χ4v) is 3.53. The van der Waals surface area contributed by atoms with E-state index in [-0.39, 0.29) is 5.54 Å². The minimum absolute atomic E-state index is 0.293. The molecule has 2 aliphatic carbocycles. The monoisotopic (exact) mass is 249 g/mol. The lowest BCUT2D eigenvalue weighted by molar-refractivity contribution is 0.420. The Hall–Kier alpha value is -1.06. The molecule has 6 heteroatoms. The first kappa shape index (κ1) is 11.1. The number of rotatable bonds is 4. The van der Waals surface area contributed by atoms with Gasteiger partial charge in [0.15, 0.2) is 5.16 Å². The zero-order chi connectivity index (χ0) is 11.7. The van der Waals surface area contributed by atoms with Crippen LogP contribution < -0.4 is 5.32 Å². The Labute approximate surface area is 104 Å². The van der Waals surface area contributed by atoms with Crippen LogP contribution in [-0.4, -0.2) is 32.0 Å². The zero-order valence-electron chi connectivity index (χ0n) is 9.52. The van der Waals surface area contributed by atoms with Crippen LogP contribution in [0.3, 0.4) is 0 Å². The SMILES string of the molecule is N#CC1(NC2CC2)CCC(Sc2ncn[nH]2)C1. The van der Waals surface area contributed by atoms with Gasteiger partial charge in [-0.05, 0) is 32.1 Å². The first-order valence-electron chi connectivity index (χ1n) is 6.01. The van der Waals surface area contributed by atoms with Crippen LogP contribution in [0.1, 0.15) is 32.1 Å². The van der Waals surface area contributed by atoms with Gasteiger partial charge in [0.1, 0.15) is 11.9 Å². The van der Waals surface area contributed by atoms with Crippen LogP contribution in [0.2, 0.25) is 0 Å². The largest absolute Gasteiger partial charge is 0.297 e. The number of thioether (sulfide) groups is 1. The Morgan fingerprint density at radius 3 is 3.06 bits per heavy atom. The predicted octanol–water partition coefficient (Wildman–Crippen LogP) is 1.46. The summed E-state index contributed by atoms with van der Waals surface area (Å²) in [5.41, 5.74) is -0.293. The molecule has 2 saturated carbocycles. The molecule has 0 saturated heterocycles. The highest BCUT2D eigenvalue weighted by Crippen LogP contribution is 2.40. The van der Waals surface area contributed by atoms with Crippen molar-refractivity contribution in [2.75, 3.05) is 0 Å². The van der Waals surface area contributed by atoms with Gasteiger partial charge in [-0.25, -0.2) is 4.98 Å². The van der Waals surface area contributed by atoms with Crippen LogP contribution in [0.15, 0.2) is 11.5 Å². The summed E-state index contributed by atoms with van der Waals surface area (Å²) in [7, 11) is 0. The molecule has 2 N–H and O–H groups in total. The molecule has 0 radical (unpaired) electrons. The number of hydrogen-bond acceptors (Lipinski definition) is 5. The van der Waals surface area contributed by atoms with Crippen LogP contribution >= 0.6 is 11.8 Å². The first-order chi connectivity index (χ1) is 8.30. The maximum atomic E-state index is 9.38. The summed E-state index contributed by atoms with van der Waals surface area (Å²) < 4.78 is 0. The van der Waals surface area contributed by atoms with E-state index in [1.807, 2.05) is 0 Å². The topological polar surface area (TPSA) is 77.4 Å². The lowest BCUT2D eigenvalue weighted by atomic mass is 10.00. The lowest BCUT2D eigenvalue weighted by Crippen LogP contribution is -2.43. The van der Waals surface area contributed by atoms with Gasteiger partial charge in [-0.2, -0.15) is 10.4 Å². The van der Waals surface area contributed by atoms with E-state index in [2.05, 4.69) is 26.6 Å². The Morgan fingerprint density at radius 2 is 2.41 bits per heavy atom. The Bertz CT molecular complexity index is 422. The number of nitrogens with zero attached hydrogens (tertiary/aromatic N) is 3. The van der Waals surface area contributed by atoms with E-state index in [0.717, 1.165) is 24.4 Å². The van der Waals surface area contributed by atoms with Crippen molar-refractivity contribution in [2.24, 2.45) is 0 Å². The quantitative estimate of drug-likeness (QED) is 0.844. The van der Waals surface area contributed by atoms with Gasteiger partial charge in [0.2, 0.25) is 0 Å². The Kier molecular flexibility index (Phi) is 2.81. The number of nitrogens with one attached hydrogen (secondary N) is 2. The average Bonchev–Trinajstić information content (AvgIpc) is 2.84. The van der Waals surface area contributed by atoms with E-state index in [9.17, 15) is 5.26 Å². The second-order valence-corrected chi connectivity index (χ2v) is 6.17. The summed E-state index contributed by atoms with van der Waals surface area (Å²) in [5, 5.41) is 20.9. The van der Waals surface area contributed by atoms with Gasteiger partial charge in [0.05, 0.1) is 6.07 Å². The number of aromatic nitrogens is 3. The maximum absolute atomic E-state index is 9.38. The van der Waals surface area contributed by atoms with Gasteiger partial charge in [0.25, 0.3) is 0 Å². The highest BCUT2D eigenvalue weighted by molar-refractivity contribution is 7.99. The molecule has 1 aromatic rings. The smallest absolute Gasteiger partial charge is 0.183 e. The van der Waals surface area contributed by atoms with Crippen molar-refractivity contribution < 1.29 is 0 Å². The highest BCUT2D eigenvalue weighted by Gasteiger charge is 2.43. The summed E-state index contributed by atoms with van der Waals surface area (Å²) in [6, 6.07) is 3.07. The molecule has 0 amide bonds. The summed E-state index contributed by atoms with van der Waals surface area (Å²) in [5.74, 6) is 0. The van der Waals surface area contributed by atoms with E-state index >= 15 is 0 Å². The van der Waals surface area contributed by atoms with Crippen LogP contribution in [0.25, 0.3) is 0 Å². The number of aromatic amines is 1. The number of hydrogen-bond donors (Lipinski definition) is 2. The van der Waals surface area contributed by atoms with Gasteiger partial charge in [0, 0.05) is 11.3 Å². The molecule has 2 aliphatic rings. The van der Waals surface area contributed by atoms with E-state index in [1.54, 1.807) is 11.8 Å². The molecule has 0 aromatic carbocycles. The fraction of sp³-hybridized carbons (Fsp3) is 0.727. The highest BCUT2D eigenvalue weighted by atomic mass is 32.2. The third kappa shape index (κ3) is 2.45. The third-order valence-electron chi connectivity index (χ3n) is 3.41. The first-order valence-corrected chi connectivity index (χ1v) is 6.89. The number of H-pyrrole nitrogens is 1. The van der Waals surface area contributed by atoms with Gasteiger partial charge >= 0.3 is 0 Å². The molecule has 2 unspecified atom stereocenters. The molecule has 0 bridgehead atoms. The minimum atomic E-state index is -0.293. The van der Waals surface area contributed by atoms with E-state index in [0.29, 0.717) is 11.3 Å². The van der Waals surface area contributed by atoms with Crippen LogP contribution in [-0.2, 0) is 0 Å². The van der Waals surface area contributed by atoms with Crippen molar-refractivity contribution in [3.63, 3.8) is 0 Å². The third-order valence-corrected chi connectivity index (χ3v) is 4.57. The molecule has 1 heterocycles. The molecule has 2 fully saturated rings. The Balaban J connectivity index is 1.61. The standard InChI is InChI=1S/C11H15N5S/c12-6-11(15-8-1-2-8)4-3-9(5-11)17-10-13-7-14-16-10/h7-9,15H,1-5H2,(H,13,14,16). The number of nitriles is 1. The molecule has 90 valence electrons. The molecule has 1 aromatic heterocycles. The molecule has 17 heavy (non-hydrogen) atoms. The van der Waals surface area contributed by atoms with Gasteiger partial charge in [-0.15, -0.1) is 0 Å². The Morgan fingerprint density at radius 1 is 1.53 bits per heavy atom. The van der Waals surface area contributed by atoms with Gasteiger partial charge in [-0.1, -0.05) is 11.8 Å². The van der Waals surface area contributed by atoms with Crippen LogP contribution in [0.5, 0.6) is 0 Å². The van der Waals surface area contributed by atoms with Crippen molar-refractivity contribution in [3.8, 4) is 6.07 Å². The van der Waals surface area contributed by atoms with Gasteiger partial charge in [-0.3, -0.25) is 10.4 Å². The van der Waals surface area contributed by atoms with Crippen molar-refractivity contribution in [1.82, 2.24) is 20.5 Å². The summed E-state index contributed by atoms with van der Waals surface area (Å²) >= 11 is 1.70. The summed E-state index contributed by atoms with van der Waals surface area (Å²) in [6.45, 7) is 0. The van der Waals surface area contributed by atoms with E-state index in [1.165, 1.54) is 19.2 Å². The second kappa shape index (κ2) is 4.31. The summed E-state index contributed by atoms with van der Waals surface area (Å²) in [6.07, 6.45) is 6.90. The molecular formula is C11H15N5S. The van der Waals surface area contributed by atoms with E-state index in [4.69, 9.17) is 0 Å². The van der Waals surface area contributed by atoms with Crippen molar-refractivity contribution in [2.45, 2.75) is 54.1 Å². The molecule has 3 rings (SSSR count).